The van der Waals surface area contributed by atoms with Gasteiger partial charge in [-0.2, -0.15) is 11.8 Å². The average molecular weight is 246 g/mol. The molecule has 15 heavy (non-hydrogen) atoms. The molecule has 0 radical (unpaired) electrons. The Morgan fingerprint density at radius 3 is 2.93 bits per heavy atom. The number of ether oxygens (including phenoxy) is 1. The fourth-order valence-corrected chi connectivity index (χ4v) is 1.56. The fourth-order valence-electron chi connectivity index (χ4n) is 1.05. The highest BCUT2D eigenvalue weighted by molar-refractivity contribution is 7.98. The normalized spacial score (nSPS) is 10.0. The molecular weight excluding hydrogens is 234 g/mol. The summed E-state index contributed by atoms with van der Waals surface area (Å²) in [4.78, 5) is 11.6. The first-order valence-electron chi connectivity index (χ1n) is 4.37. The van der Waals surface area contributed by atoms with Crippen molar-refractivity contribution in [1.82, 2.24) is 0 Å². The summed E-state index contributed by atoms with van der Waals surface area (Å²) in [5.74, 6) is 0.294. The molecule has 1 rings (SSSR count). The first kappa shape index (κ1) is 12.2. The number of carbonyl (C=O) groups is 1. The Bertz CT molecular complexity index is 337. The number of nitrogens with two attached hydrogens (primary N) is 1. The zero-order chi connectivity index (χ0) is 11.3. The molecule has 0 heterocycles. The number of hydrogen-bond acceptors (Lipinski definition) is 4. The van der Waals surface area contributed by atoms with Crippen LogP contribution in [-0.4, -0.2) is 24.6 Å². The van der Waals surface area contributed by atoms with Gasteiger partial charge >= 0.3 is 5.97 Å². The lowest BCUT2D eigenvalue weighted by Crippen LogP contribution is -2.10. The standard InChI is InChI=1S/C10H12ClNO2S/c1-15-6-5-14-10(13)9-7(11)3-2-4-8(9)12/h2-4H,5-6,12H2,1H3. The Balaban J connectivity index is 2.73. The van der Waals surface area contributed by atoms with Crippen LogP contribution >= 0.6 is 23.4 Å². The zero-order valence-corrected chi connectivity index (χ0v) is 9.90. The lowest BCUT2D eigenvalue weighted by atomic mass is 10.2. The summed E-state index contributed by atoms with van der Waals surface area (Å²) < 4.78 is 5.01. The predicted molar refractivity (Wildman–Crippen MR) is 64.5 cm³/mol. The number of carbonyl (C=O) groups excluding carboxylic acids is 1. The van der Waals surface area contributed by atoms with Gasteiger partial charge in [0, 0.05) is 11.4 Å². The lowest BCUT2D eigenvalue weighted by Gasteiger charge is -2.07. The Labute approximate surface area is 97.9 Å². The summed E-state index contributed by atoms with van der Waals surface area (Å²) in [6, 6.07) is 4.93. The molecule has 2 N–H and O–H groups in total. The van der Waals surface area contributed by atoms with E-state index in [1.165, 1.54) is 0 Å². The Morgan fingerprint density at radius 2 is 2.33 bits per heavy atom. The molecule has 0 saturated carbocycles. The van der Waals surface area contributed by atoms with Crippen molar-refractivity contribution in [2.24, 2.45) is 0 Å². The van der Waals surface area contributed by atoms with Crippen LogP contribution in [0.1, 0.15) is 10.4 Å². The number of nitrogen functional groups attached to an aromatic ring is 1. The molecule has 3 nitrogen and oxygen atoms in total. The van der Waals surface area contributed by atoms with Crippen LogP contribution in [0.2, 0.25) is 5.02 Å². The zero-order valence-electron chi connectivity index (χ0n) is 8.33. The van der Waals surface area contributed by atoms with Crippen LogP contribution in [0.3, 0.4) is 0 Å². The second-order valence-electron chi connectivity index (χ2n) is 2.83. The van der Waals surface area contributed by atoms with Crippen LogP contribution in [0.15, 0.2) is 18.2 Å². The van der Waals surface area contributed by atoms with Crippen molar-refractivity contribution >= 4 is 35.0 Å². The van der Waals surface area contributed by atoms with Gasteiger partial charge in [-0.1, -0.05) is 17.7 Å². The average Bonchev–Trinajstić information content (AvgIpc) is 2.18. The van der Waals surface area contributed by atoms with E-state index in [1.807, 2.05) is 6.26 Å². The van der Waals surface area contributed by atoms with E-state index >= 15 is 0 Å². The molecule has 0 amide bonds. The molecule has 0 spiro atoms. The summed E-state index contributed by atoms with van der Waals surface area (Å²) in [7, 11) is 0. The predicted octanol–water partition coefficient (Wildman–Crippen LogP) is 2.44. The molecule has 0 saturated heterocycles. The number of thioether (sulfide) groups is 1. The van der Waals surface area contributed by atoms with Crippen LogP contribution in [0.25, 0.3) is 0 Å². The van der Waals surface area contributed by atoms with Crippen molar-refractivity contribution in [3.63, 3.8) is 0 Å². The molecule has 0 aliphatic carbocycles. The van der Waals surface area contributed by atoms with Crippen LogP contribution in [0.5, 0.6) is 0 Å². The molecule has 0 unspecified atom stereocenters. The van der Waals surface area contributed by atoms with E-state index < -0.39 is 5.97 Å². The van der Waals surface area contributed by atoms with Crippen molar-refractivity contribution in [2.45, 2.75) is 0 Å². The third-order valence-electron chi connectivity index (χ3n) is 1.77. The van der Waals surface area contributed by atoms with Crippen molar-refractivity contribution in [3.05, 3.63) is 28.8 Å². The number of halogens is 1. The van der Waals surface area contributed by atoms with Gasteiger partial charge in [0.2, 0.25) is 0 Å². The molecule has 0 bridgehead atoms. The Kier molecular flexibility index (Phi) is 4.78. The van der Waals surface area contributed by atoms with E-state index in [1.54, 1.807) is 30.0 Å². The first-order valence-corrected chi connectivity index (χ1v) is 6.14. The van der Waals surface area contributed by atoms with E-state index in [2.05, 4.69) is 0 Å². The van der Waals surface area contributed by atoms with E-state index in [9.17, 15) is 4.79 Å². The van der Waals surface area contributed by atoms with Gasteiger partial charge in [0.25, 0.3) is 0 Å². The third-order valence-corrected chi connectivity index (χ3v) is 2.66. The van der Waals surface area contributed by atoms with Gasteiger partial charge in [0.1, 0.15) is 12.2 Å². The first-order chi connectivity index (χ1) is 7.16. The molecule has 0 aromatic heterocycles. The van der Waals surface area contributed by atoms with Crippen LogP contribution in [0, 0.1) is 0 Å². The molecule has 0 aliphatic rings. The van der Waals surface area contributed by atoms with Crippen LogP contribution in [0.4, 0.5) is 5.69 Å². The van der Waals surface area contributed by atoms with Gasteiger partial charge in [0.05, 0.1) is 5.02 Å². The minimum absolute atomic E-state index is 0.250. The van der Waals surface area contributed by atoms with Gasteiger partial charge in [-0.25, -0.2) is 4.79 Å². The minimum atomic E-state index is -0.466. The number of benzene rings is 1. The highest BCUT2D eigenvalue weighted by atomic mass is 35.5. The van der Waals surface area contributed by atoms with Gasteiger partial charge in [-0.3, -0.25) is 0 Å². The largest absolute Gasteiger partial charge is 0.461 e. The SMILES string of the molecule is CSCCOC(=O)c1c(N)cccc1Cl. The maximum atomic E-state index is 11.6. The summed E-state index contributed by atoms with van der Waals surface area (Å²) in [6.07, 6.45) is 1.94. The maximum Gasteiger partial charge on any atom is 0.341 e. The maximum absolute atomic E-state index is 11.6. The number of hydrogen-bond donors (Lipinski definition) is 1. The van der Waals surface area contributed by atoms with Crippen LogP contribution < -0.4 is 5.73 Å². The van der Waals surface area contributed by atoms with Gasteiger partial charge in [0.15, 0.2) is 0 Å². The van der Waals surface area contributed by atoms with Crippen molar-refractivity contribution in [1.29, 1.82) is 0 Å². The minimum Gasteiger partial charge on any atom is -0.461 e. The molecular formula is C10H12ClNO2S. The molecule has 5 heteroatoms. The topological polar surface area (TPSA) is 52.3 Å². The van der Waals surface area contributed by atoms with E-state index in [0.717, 1.165) is 5.75 Å². The highest BCUT2D eigenvalue weighted by Crippen LogP contribution is 2.22. The molecule has 1 aromatic rings. The van der Waals surface area contributed by atoms with E-state index in [0.29, 0.717) is 17.3 Å². The summed E-state index contributed by atoms with van der Waals surface area (Å²) in [6.45, 7) is 0.366. The second-order valence-corrected chi connectivity index (χ2v) is 4.23. The summed E-state index contributed by atoms with van der Waals surface area (Å²) in [5.41, 5.74) is 6.23. The summed E-state index contributed by atoms with van der Waals surface area (Å²) in [5, 5.41) is 0.323. The van der Waals surface area contributed by atoms with Crippen molar-refractivity contribution in [3.8, 4) is 0 Å². The number of rotatable bonds is 4. The fraction of sp³-hybridized carbons (Fsp3) is 0.300. The second kappa shape index (κ2) is 5.88. The smallest absolute Gasteiger partial charge is 0.341 e. The van der Waals surface area contributed by atoms with E-state index in [-0.39, 0.29) is 5.56 Å². The Morgan fingerprint density at radius 1 is 1.60 bits per heavy atom. The monoisotopic (exact) mass is 245 g/mol. The molecule has 82 valence electrons. The molecule has 0 aliphatic heterocycles. The van der Waals surface area contributed by atoms with Crippen LogP contribution in [-0.2, 0) is 4.74 Å². The van der Waals surface area contributed by atoms with Gasteiger partial charge in [-0.05, 0) is 18.4 Å². The lowest BCUT2D eigenvalue weighted by molar-refractivity contribution is 0.0532. The quantitative estimate of drug-likeness (QED) is 0.503. The van der Waals surface area contributed by atoms with Crippen molar-refractivity contribution in [2.75, 3.05) is 24.3 Å². The molecule has 0 atom stereocenters. The Hall–Kier alpha value is -0.870. The summed E-state index contributed by atoms with van der Waals surface area (Å²) >= 11 is 7.46. The highest BCUT2D eigenvalue weighted by Gasteiger charge is 2.14. The van der Waals surface area contributed by atoms with Gasteiger partial charge in [-0.15, -0.1) is 0 Å². The molecule has 1 aromatic carbocycles. The third kappa shape index (κ3) is 3.32. The van der Waals surface area contributed by atoms with Crippen molar-refractivity contribution < 1.29 is 9.53 Å². The van der Waals surface area contributed by atoms with Gasteiger partial charge < -0.3 is 10.5 Å². The number of anilines is 1. The molecule has 0 fully saturated rings. The van der Waals surface area contributed by atoms with E-state index in [4.69, 9.17) is 22.1 Å². The number of esters is 1.